The predicted octanol–water partition coefficient (Wildman–Crippen LogP) is 5.50. The van der Waals surface area contributed by atoms with E-state index < -0.39 is 0 Å². The lowest BCUT2D eigenvalue weighted by atomic mass is 9.76. The van der Waals surface area contributed by atoms with Gasteiger partial charge in [0, 0.05) is 31.1 Å². The van der Waals surface area contributed by atoms with Gasteiger partial charge in [-0.05, 0) is 42.6 Å². The Morgan fingerprint density at radius 3 is 2.84 bits per heavy atom. The molecular formula is C23H25Cl2FN4OS. The highest BCUT2D eigenvalue weighted by Crippen LogP contribution is 2.39. The van der Waals surface area contributed by atoms with E-state index in [4.69, 9.17) is 23.2 Å². The van der Waals surface area contributed by atoms with E-state index in [0.717, 1.165) is 24.9 Å². The van der Waals surface area contributed by atoms with Crippen LogP contribution >= 0.6 is 34.5 Å². The summed E-state index contributed by atoms with van der Waals surface area (Å²) in [6.07, 6.45) is 3.57. The van der Waals surface area contributed by atoms with Gasteiger partial charge in [-0.3, -0.25) is 9.48 Å². The molecule has 0 unspecified atom stereocenters. The highest BCUT2D eigenvalue weighted by Gasteiger charge is 2.35. The first kappa shape index (κ1) is 23.2. The second kappa shape index (κ2) is 9.91. The van der Waals surface area contributed by atoms with Crippen LogP contribution in [0.15, 0.2) is 36.5 Å². The van der Waals surface area contributed by atoms with E-state index in [1.807, 2.05) is 6.07 Å². The number of aromatic nitrogens is 2. The van der Waals surface area contributed by atoms with Gasteiger partial charge in [-0.25, -0.2) is 4.39 Å². The Balaban J connectivity index is 1.60. The summed E-state index contributed by atoms with van der Waals surface area (Å²) < 4.78 is 16.1. The van der Waals surface area contributed by atoms with Crippen molar-refractivity contribution in [2.75, 3.05) is 13.1 Å². The quantitative estimate of drug-likeness (QED) is 0.475. The average molecular weight is 495 g/mol. The molecule has 1 aliphatic rings. The normalized spacial score (nSPS) is 21.0. The van der Waals surface area contributed by atoms with Crippen LogP contribution in [0.25, 0.3) is 11.3 Å². The summed E-state index contributed by atoms with van der Waals surface area (Å²) in [4.78, 5) is 13.7. The van der Waals surface area contributed by atoms with Gasteiger partial charge in [0.1, 0.15) is 10.2 Å². The van der Waals surface area contributed by atoms with Gasteiger partial charge in [0.2, 0.25) is 0 Å². The number of carbonyl (C=O) groups is 1. The Morgan fingerprint density at radius 1 is 1.34 bits per heavy atom. The van der Waals surface area contributed by atoms with Crippen LogP contribution in [-0.4, -0.2) is 34.8 Å². The molecule has 32 heavy (non-hydrogen) atoms. The van der Waals surface area contributed by atoms with Gasteiger partial charge in [-0.2, -0.15) is 5.10 Å². The fourth-order valence-corrected chi connectivity index (χ4v) is 6.06. The Hall–Kier alpha value is -1.93. The summed E-state index contributed by atoms with van der Waals surface area (Å²) in [7, 11) is 1.78. The zero-order valence-corrected chi connectivity index (χ0v) is 20.2. The van der Waals surface area contributed by atoms with Gasteiger partial charge in [-0.1, -0.05) is 48.7 Å². The number of hydrogen-bond donors (Lipinski definition) is 2. The third-order valence-corrected chi connectivity index (χ3v) is 7.62. The number of thiophene rings is 1. The first-order chi connectivity index (χ1) is 15.4. The monoisotopic (exact) mass is 494 g/mol. The molecule has 2 aromatic heterocycles. The van der Waals surface area contributed by atoms with Crippen molar-refractivity contribution < 1.29 is 9.18 Å². The number of hydrogen-bond acceptors (Lipinski definition) is 4. The van der Waals surface area contributed by atoms with Crippen molar-refractivity contribution in [3.8, 4) is 11.3 Å². The van der Waals surface area contributed by atoms with Gasteiger partial charge in [0.15, 0.2) is 0 Å². The van der Waals surface area contributed by atoms with Gasteiger partial charge in [-0.15, -0.1) is 11.3 Å². The van der Waals surface area contributed by atoms with Crippen LogP contribution in [0.2, 0.25) is 9.36 Å². The number of halogens is 3. The number of rotatable bonds is 6. The number of piperidine rings is 1. The van der Waals surface area contributed by atoms with Crippen LogP contribution in [0, 0.1) is 11.7 Å². The van der Waals surface area contributed by atoms with Crippen LogP contribution < -0.4 is 10.6 Å². The van der Waals surface area contributed by atoms with Crippen LogP contribution in [-0.2, 0) is 7.05 Å². The van der Waals surface area contributed by atoms with E-state index in [2.05, 4.69) is 22.7 Å². The van der Waals surface area contributed by atoms with E-state index in [0.29, 0.717) is 38.0 Å². The Kier molecular flexibility index (Phi) is 7.20. The number of benzene rings is 1. The molecule has 1 amide bonds. The third kappa shape index (κ3) is 4.71. The van der Waals surface area contributed by atoms with E-state index >= 15 is 0 Å². The lowest BCUT2D eigenvalue weighted by molar-refractivity contribution is 0.0916. The Bertz CT molecular complexity index is 1090. The van der Waals surface area contributed by atoms with Gasteiger partial charge < -0.3 is 10.6 Å². The minimum Gasteiger partial charge on any atom is -0.347 e. The summed E-state index contributed by atoms with van der Waals surface area (Å²) in [6.45, 7) is 3.60. The predicted molar refractivity (Wildman–Crippen MR) is 128 cm³/mol. The number of amides is 1. The standard InChI is InChI=1S/C23H25Cl2FN4OS/c1-3-5-14-10-27-12-18(20(14)13-6-4-7-15(26)8-13)29-23(31)19-9-16(22(25)32-19)21-17(24)11-28-30(21)2/h4,6-9,11,14,18,20,27H,3,5,10,12H2,1-2H3,(H,29,31)/t14-,18+,20+/m0/s1. The van der Waals surface area contributed by atoms with Crippen molar-refractivity contribution in [1.82, 2.24) is 20.4 Å². The molecule has 0 radical (unpaired) electrons. The summed E-state index contributed by atoms with van der Waals surface area (Å²) in [5.41, 5.74) is 2.27. The maximum Gasteiger partial charge on any atom is 0.261 e. The summed E-state index contributed by atoms with van der Waals surface area (Å²) in [5, 5.41) is 11.2. The lowest BCUT2D eigenvalue weighted by Gasteiger charge is -2.39. The molecule has 1 aromatic carbocycles. The molecule has 1 fully saturated rings. The molecule has 1 aliphatic heterocycles. The van der Waals surface area contributed by atoms with Crippen molar-refractivity contribution in [2.45, 2.75) is 31.7 Å². The number of nitrogens with zero attached hydrogens (tertiary/aromatic N) is 2. The molecule has 3 aromatic rings. The van der Waals surface area contributed by atoms with Crippen molar-refractivity contribution in [3.05, 3.63) is 62.1 Å². The molecular weight excluding hydrogens is 470 g/mol. The second-order valence-electron chi connectivity index (χ2n) is 8.13. The van der Waals surface area contributed by atoms with Crippen molar-refractivity contribution in [1.29, 1.82) is 0 Å². The second-order valence-corrected chi connectivity index (χ2v) is 10.2. The van der Waals surface area contributed by atoms with E-state index in [-0.39, 0.29) is 23.7 Å². The average Bonchev–Trinajstić information content (AvgIpc) is 3.29. The highest BCUT2D eigenvalue weighted by molar-refractivity contribution is 7.18. The zero-order valence-electron chi connectivity index (χ0n) is 17.9. The summed E-state index contributed by atoms with van der Waals surface area (Å²) in [6, 6.07) is 8.30. The molecule has 5 nitrogen and oxygen atoms in total. The lowest BCUT2D eigenvalue weighted by Crippen LogP contribution is -2.53. The number of aryl methyl sites for hydroxylation is 1. The SMILES string of the molecule is CCC[C@H]1CNC[C@@H](NC(=O)c2cc(-c3c(Cl)cnn3C)c(Cl)s2)[C@@H]1c1cccc(F)c1. The maximum atomic E-state index is 14.0. The molecule has 0 saturated carbocycles. The van der Waals surface area contributed by atoms with Gasteiger partial charge in [0.05, 0.1) is 21.8 Å². The van der Waals surface area contributed by atoms with Crippen LogP contribution in [0.4, 0.5) is 4.39 Å². The number of carbonyl (C=O) groups excluding carboxylic acids is 1. The fraction of sp³-hybridized carbons (Fsp3) is 0.391. The summed E-state index contributed by atoms with van der Waals surface area (Å²) in [5.74, 6) is -0.134. The van der Waals surface area contributed by atoms with Crippen molar-refractivity contribution >= 4 is 40.4 Å². The molecule has 0 bridgehead atoms. The van der Waals surface area contributed by atoms with Crippen LogP contribution in [0.5, 0.6) is 0 Å². The maximum absolute atomic E-state index is 14.0. The third-order valence-electron chi connectivity index (χ3n) is 5.98. The molecule has 3 atom stereocenters. The minimum atomic E-state index is -0.260. The number of nitrogens with one attached hydrogen (secondary N) is 2. The molecule has 3 heterocycles. The van der Waals surface area contributed by atoms with Crippen LogP contribution in [0.3, 0.4) is 0 Å². The summed E-state index contributed by atoms with van der Waals surface area (Å²) >= 11 is 13.9. The van der Waals surface area contributed by atoms with E-state index in [1.165, 1.54) is 17.4 Å². The molecule has 170 valence electrons. The molecule has 0 aliphatic carbocycles. The van der Waals surface area contributed by atoms with Crippen molar-refractivity contribution in [3.63, 3.8) is 0 Å². The van der Waals surface area contributed by atoms with E-state index in [1.54, 1.807) is 36.1 Å². The zero-order chi connectivity index (χ0) is 22.8. The van der Waals surface area contributed by atoms with E-state index in [9.17, 15) is 9.18 Å². The minimum absolute atomic E-state index is 0.0253. The molecule has 1 saturated heterocycles. The molecule has 4 rings (SSSR count). The highest BCUT2D eigenvalue weighted by atomic mass is 35.5. The smallest absolute Gasteiger partial charge is 0.261 e. The van der Waals surface area contributed by atoms with Gasteiger partial charge in [0.25, 0.3) is 5.91 Å². The largest absolute Gasteiger partial charge is 0.347 e. The van der Waals surface area contributed by atoms with Crippen LogP contribution in [0.1, 0.15) is 40.9 Å². The van der Waals surface area contributed by atoms with Crippen molar-refractivity contribution in [2.24, 2.45) is 13.0 Å². The molecule has 0 spiro atoms. The first-order valence-corrected chi connectivity index (χ1v) is 12.2. The molecule has 9 heteroatoms. The Labute approximate surface area is 200 Å². The van der Waals surface area contributed by atoms with Gasteiger partial charge >= 0.3 is 0 Å². The molecule has 2 N–H and O–H groups in total. The fourth-order valence-electron chi connectivity index (χ4n) is 4.61. The Morgan fingerprint density at radius 2 is 2.16 bits per heavy atom. The topological polar surface area (TPSA) is 58.9 Å². The first-order valence-electron chi connectivity index (χ1n) is 10.6.